The molecule has 9 nitrogen and oxygen atoms in total. The Labute approximate surface area is 167 Å². The van der Waals surface area contributed by atoms with Gasteiger partial charge in [0.1, 0.15) is 5.75 Å². The maximum Gasteiger partial charge on any atom is 0.408 e. The van der Waals surface area contributed by atoms with Crippen LogP contribution in [0.5, 0.6) is 11.5 Å². The highest BCUT2D eigenvalue weighted by Crippen LogP contribution is 2.53. The van der Waals surface area contributed by atoms with Crippen molar-refractivity contribution < 1.29 is 28.1 Å². The molecule has 0 aromatic heterocycles. The summed E-state index contributed by atoms with van der Waals surface area (Å²) in [6, 6.07) is 10.6. The molecule has 0 saturated carbocycles. The Morgan fingerprint density at radius 3 is 2.62 bits per heavy atom. The van der Waals surface area contributed by atoms with E-state index < -0.39 is 12.7 Å². The number of carbonyl (C=O) groups is 1. The lowest BCUT2D eigenvalue weighted by molar-refractivity contribution is -0.385. The van der Waals surface area contributed by atoms with Crippen LogP contribution in [0.4, 0.5) is 5.69 Å². The number of nitro benzene ring substituents is 1. The second kappa shape index (κ2) is 8.84. The van der Waals surface area contributed by atoms with Gasteiger partial charge in [-0.05, 0) is 62.4 Å². The monoisotopic (exact) mass is 420 g/mol. The van der Waals surface area contributed by atoms with Crippen LogP contribution in [-0.2, 0) is 20.2 Å². The van der Waals surface area contributed by atoms with E-state index in [9.17, 15) is 19.5 Å². The minimum absolute atomic E-state index is 0.0166. The predicted molar refractivity (Wildman–Crippen MR) is 105 cm³/mol. The lowest BCUT2D eigenvalue weighted by Crippen LogP contribution is -2.25. The molecule has 1 fully saturated rings. The Morgan fingerprint density at radius 1 is 1.28 bits per heavy atom. The number of benzene rings is 2. The van der Waals surface area contributed by atoms with Gasteiger partial charge in [0.15, 0.2) is 5.78 Å². The molecule has 1 atom stereocenters. The average molecular weight is 420 g/mol. The number of Topliss-reactive ketones (excluding diaryl/α,β-unsaturated/α-hetero) is 1. The highest BCUT2D eigenvalue weighted by atomic mass is 31.2. The van der Waals surface area contributed by atoms with Gasteiger partial charge in [-0.15, -0.1) is 0 Å². The third kappa shape index (κ3) is 5.07. The van der Waals surface area contributed by atoms with Gasteiger partial charge >= 0.3 is 13.4 Å². The lowest BCUT2D eigenvalue weighted by atomic mass is 10.1. The van der Waals surface area contributed by atoms with E-state index in [-0.39, 0.29) is 23.8 Å². The summed E-state index contributed by atoms with van der Waals surface area (Å²) in [6.07, 6.45) is 0.766. The molecule has 1 aliphatic rings. The quantitative estimate of drug-likeness (QED) is 0.277. The standard InChI is InChI=1S/C19H21N2O7P/c1-14(22)16-5-7-17(8-6-16)28-19-12-15(4-9-18(19)21(23)24)13-27-29(25)20(2)10-3-11-26-29/h4-9,12H,3,10-11,13H2,1-2H3. The molecular weight excluding hydrogens is 399 g/mol. The Kier molecular flexibility index (Phi) is 6.44. The predicted octanol–water partition coefficient (Wildman–Crippen LogP) is 4.57. The number of ether oxygens (including phenoxy) is 1. The van der Waals surface area contributed by atoms with Crippen molar-refractivity contribution in [1.82, 2.24) is 4.67 Å². The minimum Gasteiger partial charge on any atom is -0.450 e. The molecule has 3 rings (SSSR count). The zero-order valence-corrected chi connectivity index (χ0v) is 17.0. The van der Waals surface area contributed by atoms with Crippen molar-refractivity contribution in [2.24, 2.45) is 0 Å². The summed E-state index contributed by atoms with van der Waals surface area (Å²) in [5.41, 5.74) is 0.834. The van der Waals surface area contributed by atoms with Crippen LogP contribution in [0.3, 0.4) is 0 Å². The summed E-state index contributed by atoms with van der Waals surface area (Å²) in [5.74, 6) is 0.272. The fourth-order valence-corrected chi connectivity index (χ4v) is 4.28. The van der Waals surface area contributed by atoms with E-state index in [0.717, 1.165) is 6.42 Å². The summed E-state index contributed by atoms with van der Waals surface area (Å²) in [5, 5.41) is 11.3. The van der Waals surface area contributed by atoms with Crippen molar-refractivity contribution in [3.8, 4) is 11.5 Å². The van der Waals surface area contributed by atoms with Gasteiger partial charge in [-0.25, -0.2) is 9.24 Å². The molecule has 1 aliphatic heterocycles. The van der Waals surface area contributed by atoms with Gasteiger partial charge in [-0.3, -0.25) is 24.0 Å². The van der Waals surface area contributed by atoms with Gasteiger partial charge in [0.25, 0.3) is 0 Å². The summed E-state index contributed by atoms with van der Waals surface area (Å²) >= 11 is 0. The van der Waals surface area contributed by atoms with E-state index in [0.29, 0.717) is 30.0 Å². The highest BCUT2D eigenvalue weighted by molar-refractivity contribution is 7.51. The maximum atomic E-state index is 12.7. The van der Waals surface area contributed by atoms with Crippen LogP contribution in [0.15, 0.2) is 42.5 Å². The third-order valence-corrected chi connectivity index (χ3v) is 6.40. The second-order valence-corrected chi connectivity index (χ2v) is 8.69. The largest absolute Gasteiger partial charge is 0.450 e. The van der Waals surface area contributed by atoms with E-state index in [2.05, 4.69) is 0 Å². The van der Waals surface area contributed by atoms with Crippen molar-refractivity contribution in [1.29, 1.82) is 0 Å². The zero-order valence-electron chi connectivity index (χ0n) is 16.1. The van der Waals surface area contributed by atoms with Gasteiger partial charge in [0.05, 0.1) is 18.1 Å². The number of hydrogen-bond acceptors (Lipinski definition) is 7. The third-order valence-electron chi connectivity index (χ3n) is 4.40. The van der Waals surface area contributed by atoms with Crippen molar-refractivity contribution >= 4 is 19.2 Å². The van der Waals surface area contributed by atoms with Crippen molar-refractivity contribution in [2.75, 3.05) is 20.2 Å². The smallest absolute Gasteiger partial charge is 0.408 e. The Balaban J connectivity index is 1.79. The molecule has 0 bridgehead atoms. The molecular formula is C19H21N2O7P. The summed E-state index contributed by atoms with van der Waals surface area (Å²) < 4.78 is 30.7. The van der Waals surface area contributed by atoms with E-state index in [1.54, 1.807) is 31.3 Å². The number of rotatable bonds is 7. The van der Waals surface area contributed by atoms with Crippen molar-refractivity contribution in [2.45, 2.75) is 20.0 Å². The molecule has 0 amide bonds. The van der Waals surface area contributed by atoms with E-state index in [1.165, 1.54) is 29.8 Å². The van der Waals surface area contributed by atoms with Crippen LogP contribution in [0.25, 0.3) is 0 Å². The first-order chi connectivity index (χ1) is 13.8. The van der Waals surface area contributed by atoms with Crippen molar-refractivity contribution in [3.63, 3.8) is 0 Å². The topological polar surface area (TPSA) is 108 Å². The summed E-state index contributed by atoms with van der Waals surface area (Å²) in [4.78, 5) is 22.2. The molecule has 29 heavy (non-hydrogen) atoms. The number of ketones is 1. The maximum absolute atomic E-state index is 12.7. The summed E-state index contributed by atoms with van der Waals surface area (Å²) in [7, 11) is -1.71. The van der Waals surface area contributed by atoms with Crippen LogP contribution in [0.2, 0.25) is 0 Å². The molecule has 1 unspecified atom stereocenters. The SMILES string of the molecule is CC(=O)c1ccc(Oc2cc(COP3(=O)OCCCN3C)ccc2[N+](=O)[O-])cc1. The number of carbonyl (C=O) groups excluding carboxylic acids is 1. The molecule has 1 heterocycles. The second-order valence-electron chi connectivity index (χ2n) is 6.55. The van der Waals surface area contributed by atoms with Gasteiger partial charge in [0.2, 0.25) is 5.75 Å². The molecule has 1 saturated heterocycles. The summed E-state index contributed by atoms with van der Waals surface area (Å²) in [6.45, 7) is 2.34. The van der Waals surface area contributed by atoms with Gasteiger partial charge in [0, 0.05) is 18.2 Å². The van der Waals surface area contributed by atoms with Crippen LogP contribution >= 0.6 is 7.75 Å². The molecule has 0 spiro atoms. The normalized spacial score (nSPS) is 19.7. The fourth-order valence-electron chi connectivity index (χ4n) is 2.75. The molecule has 0 radical (unpaired) electrons. The zero-order chi connectivity index (χ0) is 21.0. The van der Waals surface area contributed by atoms with E-state index >= 15 is 0 Å². The Hall–Kier alpha value is -2.58. The Bertz CT molecular complexity index is 962. The minimum atomic E-state index is -3.37. The van der Waals surface area contributed by atoms with Crippen molar-refractivity contribution in [3.05, 3.63) is 63.7 Å². The first-order valence-electron chi connectivity index (χ1n) is 8.95. The molecule has 2 aromatic carbocycles. The Morgan fingerprint density at radius 2 is 2.00 bits per heavy atom. The fraction of sp³-hybridized carbons (Fsp3) is 0.316. The average Bonchev–Trinajstić information content (AvgIpc) is 2.69. The van der Waals surface area contributed by atoms with E-state index in [1.807, 2.05) is 0 Å². The van der Waals surface area contributed by atoms with Crippen LogP contribution < -0.4 is 4.74 Å². The first kappa shape index (κ1) is 21.1. The molecule has 0 aliphatic carbocycles. The molecule has 154 valence electrons. The van der Waals surface area contributed by atoms with Crippen LogP contribution in [0.1, 0.15) is 29.3 Å². The van der Waals surface area contributed by atoms with Crippen LogP contribution in [0, 0.1) is 10.1 Å². The lowest BCUT2D eigenvalue weighted by Gasteiger charge is -2.30. The van der Waals surface area contributed by atoms with Gasteiger partial charge in [-0.1, -0.05) is 0 Å². The van der Waals surface area contributed by atoms with Gasteiger partial charge < -0.3 is 4.74 Å². The first-order valence-corrected chi connectivity index (χ1v) is 10.4. The molecule has 10 heteroatoms. The van der Waals surface area contributed by atoms with Gasteiger partial charge in [-0.2, -0.15) is 0 Å². The molecule has 2 aromatic rings. The highest BCUT2D eigenvalue weighted by Gasteiger charge is 2.34. The van der Waals surface area contributed by atoms with E-state index in [4.69, 9.17) is 13.8 Å². The number of nitrogens with zero attached hydrogens (tertiary/aromatic N) is 2. The molecule has 0 N–H and O–H groups in total. The van der Waals surface area contributed by atoms with Crippen LogP contribution in [-0.4, -0.2) is 35.6 Å². The number of hydrogen-bond donors (Lipinski definition) is 0. The number of nitro groups is 1.